The lowest BCUT2D eigenvalue weighted by Gasteiger charge is -2.13. The summed E-state index contributed by atoms with van der Waals surface area (Å²) in [4.78, 5) is 10.6. The molecule has 1 aromatic rings. The van der Waals surface area contributed by atoms with Gasteiger partial charge in [0.15, 0.2) is 11.5 Å². The number of carbonyl (C=O) groups excluding carboxylic acids is 1. The number of hydrogen-bond donors (Lipinski definition) is 2. The second kappa shape index (κ2) is 7.55. The molecule has 1 rings (SSSR count). The maximum Gasteiger partial charge on any atom is 0.218 e. The third-order valence-electron chi connectivity index (χ3n) is 2.43. The van der Waals surface area contributed by atoms with Gasteiger partial charge in [-0.15, -0.1) is 0 Å². The van der Waals surface area contributed by atoms with Crippen LogP contribution in [0.4, 0.5) is 0 Å². The van der Waals surface area contributed by atoms with Crippen molar-refractivity contribution in [3.63, 3.8) is 0 Å². The summed E-state index contributed by atoms with van der Waals surface area (Å²) in [5.74, 6) is 1.15. The molecule has 0 unspecified atom stereocenters. The minimum absolute atomic E-state index is 0.308. The van der Waals surface area contributed by atoms with Gasteiger partial charge in [-0.2, -0.15) is 0 Å². The Balaban J connectivity index is 2.63. The van der Waals surface area contributed by atoms with Crippen molar-refractivity contribution >= 4 is 5.91 Å². The number of benzene rings is 1. The molecule has 0 spiro atoms. The topological polar surface area (TPSA) is 73.6 Å². The molecule has 1 aromatic carbocycles. The number of nitrogens with two attached hydrogens (primary N) is 1. The van der Waals surface area contributed by atoms with E-state index in [0.717, 1.165) is 17.1 Å². The van der Waals surface area contributed by atoms with E-state index in [2.05, 4.69) is 5.32 Å². The third kappa shape index (κ3) is 4.25. The molecule has 0 heterocycles. The summed E-state index contributed by atoms with van der Waals surface area (Å²) in [7, 11) is 1.62. The van der Waals surface area contributed by atoms with Crippen LogP contribution >= 0.6 is 0 Å². The Labute approximate surface area is 107 Å². The maximum atomic E-state index is 10.6. The van der Waals surface area contributed by atoms with Gasteiger partial charge in [0.2, 0.25) is 5.91 Å². The molecular weight excluding hydrogens is 232 g/mol. The number of methoxy groups -OCH3 is 1. The van der Waals surface area contributed by atoms with E-state index >= 15 is 0 Å². The van der Waals surface area contributed by atoms with Crippen LogP contribution in [0.1, 0.15) is 18.9 Å². The van der Waals surface area contributed by atoms with Gasteiger partial charge in [-0.25, -0.2) is 0 Å². The fourth-order valence-corrected chi connectivity index (χ4v) is 1.64. The van der Waals surface area contributed by atoms with Crippen LogP contribution in [0.3, 0.4) is 0 Å². The molecule has 0 aromatic heterocycles. The number of primary amides is 1. The lowest BCUT2D eigenvalue weighted by Crippen LogP contribution is -2.21. The van der Waals surface area contributed by atoms with E-state index in [1.807, 2.05) is 25.1 Å². The summed E-state index contributed by atoms with van der Waals surface area (Å²) >= 11 is 0. The molecule has 100 valence electrons. The molecular formula is C13H20N2O3. The van der Waals surface area contributed by atoms with Crippen LogP contribution in [-0.2, 0) is 11.3 Å². The Morgan fingerprint density at radius 2 is 2.22 bits per heavy atom. The van der Waals surface area contributed by atoms with Crippen LogP contribution in [-0.4, -0.2) is 26.2 Å². The molecule has 0 atom stereocenters. The Morgan fingerprint density at radius 3 is 2.83 bits per heavy atom. The van der Waals surface area contributed by atoms with E-state index in [1.165, 1.54) is 0 Å². The van der Waals surface area contributed by atoms with Gasteiger partial charge in [-0.1, -0.05) is 12.1 Å². The number of hydrogen-bond acceptors (Lipinski definition) is 4. The van der Waals surface area contributed by atoms with Crippen LogP contribution in [0, 0.1) is 0 Å². The van der Waals surface area contributed by atoms with Gasteiger partial charge < -0.3 is 20.5 Å². The van der Waals surface area contributed by atoms with Crippen LogP contribution < -0.4 is 20.5 Å². The summed E-state index contributed by atoms with van der Waals surface area (Å²) in [6.45, 7) is 3.68. The summed E-state index contributed by atoms with van der Waals surface area (Å²) in [5, 5.41) is 3.14. The average Bonchev–Trinajstić information content (AvgIpc) is 2.35. The van der Waals surface area contributed by atoms with Gasteiger partial charge in [0.25, 0.3) is 0 Å². The highest BCUT2D eigenvalue weighted by molar-refractivity contribution is 5.73. The summed E-state index contributed by atoms with van der Waals surface area (Å²) in [6.07, 6.45) is 0.327. The van der Waals surface area contributed by atoms with E-state index in [-0.39, 0.29) is 5.91 Å². The first kappa shape index (κ1) is 14.3. The molecule has 5 heteroatoms. The van der Waals surface area contributed by atoms with Gasteiger partial charge in [-0.05, 0) is 13.0 Å². The third-order valence-corrected chi connectivity index (χ3v) is 2.43. The van der Waals surface area contributed by atoms with Gasteiger partial charge in [0.1, 0.15) is 0 Å². The lowest BCUT2D eigenvalue weighted by molar-refractivity contribution is -0.117. The van der Waals surface area contributed by atoms with E-state index in [4.69, 9.17) is 15.2 Å². The Kier molecular flexibility index (Phi) is 6.00. The minimum atomic E-state index is -0.308. The molecule has 5 nitrogen and oxygen atoms in total. The zero-order valence-corrected chi connectivity index (χ0v) is 10.9. The molecule has 0 bridgehead atoms. The van der Waals surface area contributed by atoms with Crippen LogP contribution in [0.15, 0.2) is 18.2 Å². The van der Waals surface area contributed by atoms with Crippen LogP contribution in [0.5, 0.6) is 11.5 Å². The molecule has 0 fully saturated rings. The lowest BCUT2D eigenvalue weighted by atomic mass is 10.2. The second-order valence-corrected chi connectivity index (χ2v) is 3.77. The fourth-order valence-electron chi connectivity index (χ4n) is 1.64. The van der Waals surface area contributed by atoms with Crippen molar-refractivity contribution in [2.45, 2.75) is 19.9 Å². The van der Waals surface area contributed by atoms with Gasteiger partial charge in [-0.3, -0.25) is 4.79 Å². The van der Waals surface area contributed by atoms with E-state index in [0.29, 0.717) is 26.1 Å². The predicted octanol–water partition coefficient (Wildman–Crippen LogP) is 1.06. The molecule has 3 N–H and O–H groups in total. The molecule has 1 amide bonds. The zero-order valence-electron chi connectivity index (χ0n) is 10.9. The second-order valence-electron chi connectivity index (χ2n) is 3.77. The quantitative estimate of drug-likeness (QED) is 0.678. The highest BCUT2D eigenvalue weighted by atomic mass is 16.5. The first-order valence-electron chi connectivity index (χ1n) is 5.96. The summed E-state index contributed by atoms with van der Waals surface area (Å²) in [5.41, 5.74) is 6.06. The van der Waals surface area contributed by atoms with Crippen molar-refractivity contribution < 1.29 is 14.3 Å². The Morgan fingerprint density at radius 1 is 1.44 bits per heavy atom. The van der Waals surface area contributed by atoms with E-state index < -0.39 is 0 Å². The van der Waals surface area contributed by atoms with Crippen molar-refractivity contribution in [3.05, 3.63) is 23.8 Å². The number of carbonyl (C=O) groups is 1. The van der Waals surface area contributed by atoms with Crippen molar-refractivity contribution in [1.82, 2.24) is 5.32 Å². The number of nitrogens with one attached hydrogen (secondary N) is 1. The van der Waals surface area contributed by atoms with E-state index in [9.17, 15) is 4.79 Å². The monoisotopic (exact) mass is 252 g/mol. The van der Waals surface area contributed by atoms with Crippen molar-refractivity contribution in [2.24, 2.45) is 5.73 Å². The van der Waals surface area contributed by atoms with Gasteiger partial charge in [0, 0.05) is 25.1 Å². The van der Waals surface area contributed by atoms with Crippen molar-refractivity contribution in [3.8, 4) is 11.5 Å². The molecule has 0 aliphatic rings. The molecule has 0 saturated heterocycles. The summed E-state index contributed by atoms with van der Waals surface area (Å²) in [6, 6.07) is 5.74. The predicted molar refractivity (Wildman–Crippen MR) is 69.7 cm³/mol. The Bertz CT molecular complexity index is 394. The van der Waals surface area contributed by atoms with Crippen molar-refractivity contribution in [1.29, 1.82) is 0 Å². The zero-order chi connectivity index (χ0) is 13.4. The molecule has 0 saturated carbocycles. The standard InChI is InChI=1S/C13H20N2O3/c1-3-18-11-6-4-5-10(13(11)17-2)9-15-8-7-12(14)16/h4-6,15H,3,7-9H2,1-2H3,(H2,14,16). The number of ether oxygens (including phenoxy) is 2. The maximum absolute atomic E-state index is 10.6. The van der Waals surface area contributed by atoms with E-state index in [1.54, 1.807) is 7.11 Å². The SMILES string of the molecule is CCOc1cccc(CNCCC(N)=O)c1OC. The number of rotatable bonds is 8. The number of para-hydroxylation sites is 1. The van der Waals surface area contributed by atoms with Crippen molar-refractivity contribution in [2.75, 3.05) is 20.3 Å². The highest BCUT2D eigenvalue weighted by Gasteiger charge is 2.09. The normalized spacial score (nSPS) is 10.1. The van der Waals surface area contributed by atoms with Crippen LogP contribution in [0.2, 0.25) is 0 Å². The molecule has 0 aliphatic heterocycles. The summed E-state index contributed by atoms with van der Waals surface area (Å²) < 4.78 is 10.8. The molecule has 18 heavy (non-hydrogen) atoms. The largest absolute Gasteiger partial charge is 0.493 e. The van der Waals surface area contributed by atoms with Crippen LogP contribution in [0.25, 0.3) is 0 Å². The smallest absolute Gasteiger partial charge is 0.218 e. The van der Waals surface area contributed by atoms with Gasteiger partial charge in [0.05, 0.1) is 13.7 Å². The van der Waals surface area contributed by atoms with Gasteiger partial charge >= 0.3 is 0 Å². The Hall–Kier alpha value is -1.75. The average molecular weight is 252 g/mol. The minimum Gasteiger partial charge on any atom is -0.493 e. The molecule has 0 aliphatic carbocycles. The fraction of sp³-hybridized carbons (Fsp3) is 0.462. The highest BCUT2D eigenvalue weighted by Crippen LogP contribution is 2.30. The molecule has 0 radical (unpaired) electrons. The first-order chi connectivity index (χ1) is 8.69. The first-order valence-corrected chi connectivity index (χ1v) is 5.96. The number of amides is 1.